The number of carbonyl (C=O) groups is 3. The highest BCUT2D eigenvalue weighted by molar-refractivity contribution is 6.02. The molecule has 198 valence electrons. The average Bonchev–Trinajstić information content (AvgIpc) is 2.94. The van der Waals surface area contributed by atoms with Gasteiger partial charge in [-0.25, -0.2) is 0 Å². The van der Waals surface area contributed by atoms with E-state index in [4.69, 9.17) is 18.9 Å². The van der Waals surface area contributed by atoms with E-state index in [1.807, 2.05) is 24.3 Å². The molecule has 2 aromatic rings. The van der Waals surface area contributed by atoms with Gasteiger partial charge in [0, 0.05) is 25.7 Å². The molecular weight excluding hydrogens is 476 g/mol. The number of nitrogens with zero attached hydrogens (tertiary/aromatic N) is 2. The van der Waals surface area contributed by atoms with Crippen LogP contribution in [0.2, 0.25) is 0 Å². The van der Waals surface area contributed by atoms with Gasteiger partial charge < -0.3 is 28.7 Å². The first kappa shape index (κ1) is 26.3. The van der Waals surface area contributed by atoms with Crippen molar-refractivity contribution in [2.75, 3.05) is 48.1 Å². The molecule has 9 heteroatoms. The van der Waals surface area contributed by atoms with Crippen LogP contribution in [0.4, 0.5) is 0 Å². The number of likely N-dealkylation sites (tertiary alicyclic amines) is 1. The Morgan fingerprint density at radius 2 is 1.68 bits per heavy atom. The highest BCUT2D eigenvalue weighted by atomic mass is 16.5. The van der Waals surface area contributed by atoms with Crippen molar-refractivity contribution in [2.45, 2.75) is 31.7 Å². The van der Waals surface area contributed by atoms with Crippen LogP contribution in [0.5, 0.6) is 17.2 Å². The second kappa shape index (κ2) is 11.1. The predicted molar refractivity (Wildman–Crippen MR) is 136 cm³/mol. The molecule has 2 aliphatic heterocycles. The first-order chi connectivity index (χ1) is 17.8. The zero-order valence-corrected chi connectivity index (χ0v) is 22.0. The van der Waals surface area contributed by atoms with Crippen LogP contribution in [0.1, 0.15) is 53.2 Å². The molecule has 2 amide bonds. The normalized spacial score (nSPS) is 21.2. The lowest BCUT2D eigenvalue weighted by atomic mass is 9.78. The number of benzene rings is 2. The minimum Gasteiger partial charge on any atom is -0.497 e. The average molecular weight is 511 g/mol. The van der Waals surface area contributed by atoms with E-state index in [2.05, 4.69) is 0 Å². The Labute approximate surface area is 217 Å². The Balaban J connectivity index is 1.81. The third kappa shape index (κ3) is 4.95. The first-order valence-electron chi connectivity index (χ1n) is 12.5. The van der Waals surface area contributed by atoms with Crippen molar-refractivity contribution in [3.8, 4) is 17.2 Å². The van der Waals surface area contributed by atoms with Crippen LogP contribution in [0.15, 0.2) is 36.4 Å². The van der Waals surface area contributed by atoms with Crippen LogP contribution in [-0.4, -0.2) is 75.7 Å². The molecule has 0 N–H and O–H groups in total. The molecule has 3 atom stereocenters. The summed E-state index contributed by atoms with van der Waals surface area (Å²) >= 11 is 0. The summed E-state index contributed by atoms with van der Waals surface area (Å²) in [7, 11) is 6.32. The van der Waals surface area contributed by atoms with E-state index in [0.717, 1.165) is 5.56 Å². The van der Waals surface area contributed by atoms with Crippen LogP contribution in [-0.2, 0) is 14.3 Å². The topological polar surface area (TPSA) is 94.6 Å². The molecule has 4 rings (SSSR count). The van der Waals surface area contributed by atoms with E-state index >= 15 is 0 Å². The van der Waals surface area contributed by atoms with Crippen molar-refractivity contribution >= 4 is 17.8 Å². The molecule has 0 spiro atoms. The smallest absolute Gasteiger partial charge is 0.310 e. The molecule has 2 heterocycles. The Morgan fingerprint density at radius 3 is 2.30 bits per heavy atom. The lowest BCUT2D eigenvalue weighted by molar-refractivity contribution is -0.151. The molecule has 0 aromatic heterocycles. The fourth-order valence-corrected chi connectivity index (χ4v) is 5.36. The minimum absolute atomic E-state index is 0.150. The molecule has 9 nitrogen and oxygen atoms in total. The number of carbonyl (C=O) groups excluding carboxylic acids is 3. The standard InChI is InChI=1S/C28H34N2O7/c1-6-37-28(33)18-8-7-13-30(16-18)27(32)24-20-14-22(35-4)23(36-5)15-21(20)26(31)29(2)25(24)17-9-11-19(34-3)12-10-17/h9-12,14-15,18,24-25H,6-8,13,16H2,1-5H3/t18-,24-,25-/m1/s1. The molecule has 2 aliphatic rings. The molecule has 0 aliphatic carbocycles. The van der Waals surface area contributed by atoms with Crippen molar-refractivity contribution in [1.82, 2.24) is 9.80 Å². The second-order valence-electron chi connectivity index (χ2n) is 9.28. The van der Waals surface area contributed by atoms with Crippen LogP contribution in [0.25, 0.3) is 0 Å². The number of esters is 1. The summed E-state index contributed by atoms with van der Waals surface area (Å²) in [5.74, 6) is -0.209. The third-order valence-corrected chi connectivity index (χ3v) is 7.25. The van der Waals surface area contributed by atoms with E-state index < -0.39 is 12.0 Å². The number of fused-ring (bicyclic) bond motifs is 1. The third-order valence-electron chi connectivity index (χ3n) is 7.25. The Bertz CT molecular complexity index is 1160. The van der Waals surface area contributed by atoms with Crippen LogP contribution in [0, 0.1) is 5.92 Å². The number of methoxy groups -OCH3 is 3. The zero-order chi connectivity index (χ0) is 26.7. The molecule has 0 bridgehead atoms. The Hall–Kier alpha value is -3.75. The van der Waals surface area contributed by atoms with Gasteiger partial charge in [0.2, 0.25) is 5.91 Å². The molecule has 1 fully saturated rings. The van der Waals surface area contributed by atoms with E-state index in [0.29, 0.717) is 54.4 Å². The molecule has 0 radical (unpaired) electrons. The van der Waals surface area contributed by atoms with Crippen molar-refractivity contribution in [3.05, 3.63) is 53.1 Å². The fourth-order valence-electron chi connectivity index (χ4n) is 5.36. The van der Waals surface area contributed by atoms with Crippen LogP contribution >= 0.6 is 0 Å². The fraction of sp³-hybridized carbons (Fsp3) is 0.464. The molecule has 0 saturated carbocycles. The van der Waals surface area contributed by atoms with Gasteiger partial charge in [-0.1, -0.05) is 12.1 Å². The monoisotopic (exact) mass is 510 g/mol. The van der Waals surface area contributed by atoms with Crippen molar-refractivity contribution in [1.29, 1.82) is 0 Å². The highest BCUT2D eigenvalue weighted by Gasteiger charge is 2.46. The number of likely N-dealkylation sites (N-methyl/N-ethyl adjacent to an activating group) is 1. The number of rotatable bonds is 7. The van der Waals surface area contributed by atoms with Crippen LogP contribution in [0.3, 0.4) is 0 Å². The van der Waals surface area contributed by atoms with Crippen molar-refractivity contribution in [2.24, 2.45) is 5.92 Å². The van der Waals surface area contributed by atoms with Gasteiger partial charge in [0.25, 0.3) is 5.91 Å². The maximum Gasteiger partial charge on any atom is 0.310 e. The number of hydrogen-bond acceptors (Lipinski definition) is 7. The lowest BCUT2D eigenvalue weighted by Gasteiger charge is -2.43. The van der Waals surface area contributed by atoms with E-state index in [9.17, 15) is 14.4 Å². The lowest BCUT2D eigenvalue weighted by Crippen LogP contribution is -2.50. The summed E-state index contributed by atoms with van der Waals surface area (Å²) in [4.78, 5) is 43.7. The second-order valence-corrected chi connectivity index (χ2v) is 9.28. The van der Waals surface area contributed by atoms with E-state index in [1.165, 1.54) is 14.2 Å². The van der Waals surface area contributed by atoms with Gasteiger partial charge in [-0.05, 0) is 55.2 Å². The number of piperidine rings is 1. The maximum absolute atomic E-state index is 14.3. The van der Waals surface area contributed by atoms with Crippen molar-refractivity contribution < 1.29 is 33.3 Å². The van der Waals surface area contributed by atoms with Gasteiger partial charge in [-0.15, -0.1) is 0 Å². The van der Waals surface area contributed by atoms with Gasteiger partial charge in [-0.2, -0.15) is 0 Å². The van der Waals surface area contributed by atoms with Gasteiger partial charge in [-0.3, -0.25) is 14.4 Å². The molecule has 0 unspecified atom stereocenters. The highest BCUT2D eigenvalue weighted by Crippen LogP contribution is 2.46. The Morgan fingerprint density at radius 1 is 1.00 bits per heavy atom. The van der Waals surface area contributed by atoms with E-state index in [-0.39, 0.29) is 30.2 Å². The molecule has 37 heavy (non-hydrogen) atoms. The van der Waals surface area contributed by atoms with Gasteiger partial charge >= 0.3 is 5.97 Å². The SMILES string of the molecule is CCOC(=O)[C@@H]1CCCN(C(=O)[C@@H]2c3cc(OC)c(OC)cc3C(=O)N(C)[C@@H]2c2ccc(OC)cc2)C1. The number of ether oxygens (including phenoxy) is 4. The van der Waals surface area contributed by atoms with Crippen LogP contribution < -0.4 is 14.2 Å². The van der Waals surface area contributed by atoms with Gasteiger partial charge in [0.15, 0.2) is 11.5 Å². The maximum atomic E-state index is 14.3. The quantitative estimate of drug-likeness (QED) is 0.527. The summed E-state index contributed by atoms with van der Waals surface area (Å²) in [6, 6.07) is 10.2. The largest absolute Gasteiger partial charge is 0.497 e. The van der Waals surface area contributed by atoms with Gasteiger partial charge in [0.05, 0.1) is 45.8 Å². The summed E-state index contributed by atoms with van der Waals surface area (Å²) in [5, 5.41) is 0. The summed E-state index contributed by atoms with van der Waals surface area (Å²) in [5.41, 5.74) is 1.77. The summed E-state index contributed by atoms with van der Waals surface area (Å²) in [6.07, 6.45) is 1.37. The first-order valence-corrected chi connectivity index (χ1v) is 12.5. The molecular formula is C28H34N2O7. The van der Waals surface area contributed by atoms with Crippen molar-refractivity contribution in [3.63, 3.8) is 0 Å². The minimum atomic E-state index is -0.716. The summed E-state index contributed by atoms with van der Waals surface area (Å²) < 4.78 is 21.5. The number of amides is 2. The number of hydrogen-bond donors (Lipinski definition) is 0. The zero-order valence-electron chi connectivity index (χ0n) is 22.0. The van der Waals surface area contributed by atoms with E-state index in [1.54, 1.807) is 43.0 Å². The predicted octanol–water partition coefficient (Wildman–Crippen LogP) is 3.42. The molecule has 1 saturated heterocycles. The van der Waals surface area contributed by atoms with Gasteiger partial charge in [0.1, 0.15) is 5.75 Å². The summed E-state index contributed by atoms with van der Waals surface area (Å²) in [6.45, 7) is 2.88. The Kier molecular flexibility index (Phi) is 7.90. The molecule has 2 aromatic carbocycles.